The normalized spacial score (nSPS) is 16.9. The molecule has 2 aromatic rings. The molecular formula is C18H16F2N2O2. The number of likely N-dealkylation sites (tertiary alicyclic amines) is 1. The molecule has 124 valence electrons. The Balaban J connectivity index is 1.73. The zero-order valence-electron chi connectivity index (χ0n) is 12.8. The van der Waals surface area contributed by atoms with Crippen LogP contribution in [0.25, 0.3) is 0 Å². The van der Waals surface area contributed by atoms with E-state index >= 15 is 0 Å². The molecule has 2 aromatic carbocycles. The predicted molar refractivity (Wildman–Crippen MR) is 85.5 cm³/mol. The van der Waals surface area contributed by atoms with Gasteiger partial charge in [-0.3, -0.25) is 9.59 Å². The van der Waals surface area contributed by atoms with Crippen molar-refractivity contribution < 1.29 is 18.4 Å². The lowest BCUT2D eigenvalue weighted by Crippen LogP contribution is -2.43. The van der Waals surface area contributed by atoms with Gasteiger partial charge in [0.1, 0.15) is 17.7 Å². The maximum atomic E-state index is 13.2. The molecule has 0 spiro atoms. The minimum atomic E-state index is -0.620. The van der Waals surface area contributed by atoms with Crippen LogP contribution in [0.15, 0.2) is 48.5 Å². The van der Waals surface area contributed by atoms with Gasteiger partial charge >= 0.3 is 0 Å². The molecule has 0 bridgehead atoms. The van der Waals surface area contributed by atoms with Crippen LogP contribution in [0.4, 0.5) is 14.5 Å². The van der Waals surface area contributed by atoms with Gasteiger partial charge in [0.05, 0.1) is 0 Å². The van der Waals surface area contributed by atoms with E-state index in [4.69, 9.17) is 0 Å². The van der Waals surface area contributed by atoms with E-state index in [2.05, 4.69) is 5.32 Å². The largest absolute Gasteiger partial charge is 0.327 e. The molecule has 3 rings (SSSR count). The number of benzene rings is 2. The maximum Gasteiger partial charge on any atom is 0.254 e. The van der Waals surface area contributed by atoms with Crippen molar-refractivity contribution in [2.24, 2.45) is 0 Å². The molecule has 0 radical (unpaired) electrons. The summed E-state index contributed by atoms with van der Waals surface area (Å²) in [6, 6.07) is 10.2. The standard InChI is InChI=1S/C18H16F2N2O2/c19-13-8-6-12(7-9-13)18(24)22-10-2-5-16(22)17(23)21-15-4-1-3-14(20)11-15/h1,3-4,6-9,11,16H,2,5,10H2,(H,21,23)/t16-/m0/s1. The summed E-state index contributed by atoms with van der Waals surface area (Å²) in [5, 5.41) is 2.64. The van der Waals surface area contributed by atoms with Gasteiger partial charge in [0.15, 0.2) is 0 Å². The van der Waals surface area contributed by atoms with E-state index in [1.807, 2.05) is 0 Å². The smallest absolute Gasteiger partial charge is 0.254 e. The van der Waals surface area contributed by atoms with E-state index in [0.29, 0.717) is 30.6 Å². The fourth-order valence-corrected chi connectivity index (χ4v) is 2.83. The second-order valence-electron chi connectivity index (χ2n) is 5.66. The summed E-state index contributed by atoms with van der Waals surface area (Å²) in [5.41, 5.74) is 0.683. The molecule has 1 aliphatic rings. The summed E-state index contributed by atoms with van der Waals surface area (Å²) in [6.45, 7) is 0.456. The summed E-state index contributed by atoms with van der Waals surface area (Å²) >= 11 is 0. The molecule has 1 saturated heterocycles. The number of hydrogen-bond donors (Lipinski definition) is 1. The van der Waals surface area contributed by atoms with Crippen LogP contribution in [-0.2, 0) is 4.79 Å². The number of carbonyl (C=O) groups excluding carboxylic acids is 2. The third-order valence-electron chi connectivity index (χ3n) is 4.00. The Morgan fingerprint density at radius 2 is 1.79 bits per heavy atom. The molecule has 0 saturated carbocycles. The van der Waals surface area contributed by atoms with Crippen LogP contribution in [0.3, 0.4) is 0 Å². The van der Waals surface area contributed by atoms with Gasteiger partial charge < -0.3 is 10.2 Å². The Kier molecular flexibility index (Phi) is 4.55. The fourth-order valence-electron chi connectivity index (χ4n) is 2.83. The zero-order valence-corrected chi connectivity index (χ0v) is 12.8. The van der Waals surface area contributed by atoms with E-state index < -0.39 is 17.7 Å². The monoisotopic (exact) mass is 330 g/mol. The van der Waals surface area contributed by atoms with Crippen molar-refractivity contribution in [2.75, 3.05) is 11.9 Å². The molecule has 1 fully saturated rings. The van der Waals surface area contributed by atoms with Crippen molar-refractivity contribution in [3.63, 3.8) is 0 Å². The van der Waals surface area contributed by atoms with Gasteiger partial charge in [0.2, 0.25) is 5.91 Å². The molecule has 1 aliphatic heterocycles. The lowest BCUT2D eigenvalue weighted by molar-refractivity contribution is -0.119. The van der Waals surface area contributed by atoms with E-state index in [0.717, 1.165) is 0 Å². The minimum Gasteiger partial charge on any atom is -0.327 e. The Morgan fingerprint density at radius 1 is 1.04 bits per heavy atom. The summed E-state index contributed by atoms with van der Waals surface area (Å²) < 4.78 is 26.2. The molecule has 6 heteroatoms. The topological polar surface area (TPSA) is 49.4 Å². The first kappa shape index (κ1) is 16.1. The quantitative estimate of drug-likeness (QED) is 0.939. The van der Waals surface area contributed by atoms with Crippen molar-refractivity contribution in [3.05, 3.63) is 65.7 Å². The van der Waals surface area contributed by atoms with Crippen LogP contribution in [0.5, 0.6) is 0 Å². The van der Waals surface area contributed by atoms with Crippen molar-refractivity contribution in [1.29, 1.82) is 0 Å². The van der Waals surface area contributed by atoms with E-state index in [9.17, 15) is 18.4 Å². The number of anilines is 1. The van der Waals surface area contributed by atoms with Crippen LogP contribution in [0.1, 0.15) is 23.2 Å². The Bertz CT molecular complexity index is 762. The third-order valence-corrected chi connectivity index (χ3v) is 4.00. The van der Waals surface area contributed by atoms with Crippen molar-refractivity contribution >= 4 is 17.5 Å². The zero-order chi connectivity index (χ0) is 17.1. The molecular weight excluding hydrogens is 314 g/mol. The molecule has 1 atom stereocenters. The van der Waals surface area contributed by atoms with E-state index in [1.165, 1.54) is 47.4 Å². The van der Waals surface area contributed by atoms with E-state index in [-0.39, 0.29) is 11.8 Å². The van der Waals surface area contributed by atoms with Gasteiger partial charge in [-0.2, -0.15) is 0 Å². The highest BCUT2D eigenvalue weighted by atomic mass is 19.1. The molecule has 0 aromatic heterocycles. The minimum absolute atomic E-state index is 0.313. The van der Waals surface area contributed by atoms with Gasteiger partial charge in [-0.15, -0.1) is 0 Å². The molecule has 24 heavy (non-hydrogen) atoms. The van der Waals surface area contributed by atoms with E-state index in [1.54, 1.807) is 6.07 Å². The Hall–Kier alpha value is -2.76. The number of rotatable bonds is 3. The highest BCUT2D eigenvalue weighted by molar-refractivity contribution is 6.01. The molecule has 0 unspecified atom stereocenters. The summed E-state index contributed by atoms with van der Waals surface area (Å²) in [5.74, 6) is -1.53. The number of halogens is 2. The van der Waals surface area contributed by atoms with Gasteiger partial charge in [-0.1, -0.05) is 6.07 Å². The summed E-state index contributed by atoms with van der Waals surface area (Å²) in [7, 11) is 0. The fraction of sp³-hybridized carbons (Fsp3) is 0.222. The number of nitrogens with one attached hydrogen (secondary N) is 1. The van der Waals surface area contributed by atoms with Crippen LogP contribution in [-0.4, -0.2) is 29.3 Å². The van der Waals surface area contributed by atoms with Crippen LogP contribution < -0.4 is 5.32 Å². The maximum absolute atomic E-state index is 13.2. The Labute approximate surface area is 138 Å². The summed E-state index contributed by atoms with van der Waals surface area (Å²) in [4.78, 5) is 26.5. The second-order valence-corrected chi connectivity index (χ2v) is 5.66. The van der Waals surface area contributed by atoms with Crippen molar-refractivity contribution in [3.8, 4) is 0 Å². The summed E-state index contributed by atoms with van der Waals surface area (Å²) in [6.07, 6.45) is 1.24. The second kappa shape index (κ2) is 6.78. The molecule has 2 amide bonds. The van der Waals surface area contributed by atoms with Crippen LogP contribution >= 0.6 is 0 Å². The van der Waals surface area contributed by atoms with Gasteiger partial charge in [0, 0.05) is 17.8 Å². The third kappa shape index (κ3) is 3.42. The number of nitrogens with zero attached hydrogens (tertiary/aromatic N) is 1. The average molecular weight is 330 g/mol. The highest BCUT2D eigenvalue weighted by Crippen LogP contribution is 2.22. The van der Waals surface area contributed by atoms with Crippen LogP contribution in [0.2, 0.25) is 0 Å². The number of carbonyl (C=O) groups is 2. The van der Waals surface area contributed by atoms with Crippen LogP contribution in [0, 0.1) is 11.6 Å². The SMILES string of the molecule is O=C(Nc1cccc(F)c1)[C@@H]1CCCN1C(=O)c1ccc(F)cc1. The first-order valence-corrected chi connectivity index (χ1v) is 7.67. The lowest BCUT2D eigenvalue weighted by Gasteiger charge is -2.24. The average Bonchev–Trinajstić information content (AvgIpc) is 3.04. The number of amides is 2. The van der Waals surface area contributed by atoms with Gasteiger partial charge in [-0.25, -0.2) is 8.78 Å². The predicted octanol–water partition coefficient (Wildman–Crippen LogP) is 3.21. The van der Waals surface area contributed by atoms with Gasteiger partial charge in [0.25, 0.3) is 5.91 Å². The Morgan fingerprint density at radius 3 is 2.50 bits per heavy atom. The van der Waals surface area contributed by atoms with Crippen molar-refractivity contribution in [2.45, 2.75) is 18.9 Å². The number of hydrogen-bond acceptors (Lipinski definition) is 2. The first-order valence-electron chi connectivity index (χ1n) is 7.67. The van der Waals surface area contributed by atoms with Crippen molar-refractivity contribution in [1.82, 2.24) is 4.90 Å². The molecule has 0 aliphatic carbocycles. The molecule has 4 nitrogen and oxygen atoms in total. The molecule has 1 heterocycles. The first-order chi connectivity index (χ1) is 11.5. The molecule has 1 N–H and O–H groups in total. The van der Waals surface area contributed by atoms with Gasteiger partial charge in [-0.05, 0) is 55.3 Å². The lowest BCUT2D eigenvalue weighted by atomic mass is 10.1. The highest BCUT2D eigenvalue weighted by Gasteiger charge is 2.34.